The number of rotatable bonds is 9. The average molecular weight is 401 g/mol. The average Bonchev–Trinajstić information content (AvgIpc) is 2.70. The van der Waals surface area contributed by atoms with Gasteiger partial charge in [-0.15, -0.1) is 0 Å². The number of hydrogen-bond donors (Lipinski definition) is 0. The molecule has 1 unspecified atom stereocenters. The monoisotopic (exact) mass is 400 g/mol. The molecule has 0 saturated carbocycles. The number of hydrogen-bond acceptors (Lipinski definition) is 0. The van der Waals surface area contributed by atoms with E-state index in [1.165, 1.54) is 44.2 Å². The summed E-state index contributed by atoms with van der Waals surface area (Å²) in [5.74, 6) is 6.33. The molecule has 0 aliphatic heterocycles. The molecule has 2 rings (SSSR count). The quantitative estimate of drug-likeness (QED) is 0.310. The topological polar surface area (TPSA) is 23.8 Å². The minimum atomic E-state index is -4.44. The van der Waals surface area contributed by atoms with Crippen molar-refractivity contribution in [2.45, 2.75) is 70.5 Å². The van der Waals surface area contributed by atoms with Gasteiger partial charge in [-0.2, -0.15) is 13.2 Å². The number of halogens is 3. The van der Waals surface area contributed by atoms with Gasteiger partial charge in [0.05, 0.1) is 11.6 Å². The second kappa shape index (κ2) is 11.7. The minimum Gasteiger partial charge on any atom is -0.249 e. The maximum atomic E-state index is 13.2. The molecule has 0 spiro atoms. The van der Waals surface area contributed by atoms with Gasteiger partial charge in [0, 0.05) is 12.0 Å². The molecular formula is C25H29F3N. The van der Waals surface area contributed by atoms with Crippen LogP contribution in [-0.2, 0) is 12.6 Å². The van der Waals surface area contributed by atoms with Gasteiger partial charge >= 0.3 is 6.18 Å². The van der Waals surface area contributed by atoms with Gasteiger partial charge in [0.2, 0.25) is 0 Å². The molecule has 29 heavy (non-hydrogen) atoms. The van der Waals surface area contributed by atoms with E-state index in [2.05, 4.69) is 18.8 Å². The zero-order chi connectivity index (χ0) is 21.1. The standard InChI is InChI=1S/C25H29F3N/c1-2-3-4-5-6-7-8-9-12-20-15-17-21(18-16-20)19-24(29)22-13-10-11-14-23(22)25(26,27)28/h10-11,13-18,24,29H,2-8,19H2,1H3. The summed E-state index contributed by atoms with van der Waals surface area (Å²) in [5, 5.41) is 0. The van der Waals surface area contributed by atoms with E-state index in [1.54, 1.807) is 6.07 Å². The van der Waals surface area contributed by atoms with E-state index >= 15 is 0 Å². The summed E-state index contributed by atoms with van der Waals surface area (Å²) < 4.78 is 39.5. The fourth-order valence-electron chi connectivity index (χ4n) is 3.29. The lowest BCUT2D eigenvalue weighted by Crippen LogP contribution is -2.14. The maximum absolute atomic E-state index is 13.2. The summed E-state index contributed by atoms with van der Waals surface area (Å²) in [7, 11) is 0. The van der Waals surface area contributed by atoms with Crippen molar-refractivity contribution in [2.24, 2.45) is 0 Å². The first kappa shape index (κ1) is 23.0. The lowest BCUT2D eigenvalue weighted by Gasteiger charge is -2.17. The summed E-state index contributed by atoms with van der Waals surface area (Å²) >= 11 is 0. The van der Waals surface area contributed by atoms with Crippen LogP contribution in [0.25, 0.3) is 0 Å². The van der Waals surface area contributed by atoms with Crippen molar-refractivity contribution in [1.82, 2.24) is 5.73 Å². The molecule has 0 fully saturated rings. The van der Waals surface area contributed by atoms with Crippen LogP contribution in [0, 0.1) is 11.8 Å². The highest BCUT2D eigenvalue weighted by molar-refractivity contribution is 5.38. The van der Waals surface area contributed by atoms with Crippen LogP contribution in [0.5, 0.6) is 0 Å². The van der Waals surface area contributed by atoms with Gasteiger partial charge in [0.1, 0.15) is 0 Å². The lowest BCUT2D eigenvalue weighted by atomic mass is 9.95. The number of nitrogens with one attached hydrogen (secondary N) is 1. The molecule has 0 aliphatic rings. The molecule has 1 atom stereocenters. The van der Waals surface area contributed by atoms with Gasteiger partial charge in [-0.25, -0.2) is 5.73 Å². The van der Waals surface area contributed by atoms with Crippen molar-refractivity contribution >= 4 is 0 Å². The van der Waals surface area contributed by atoms with Gasteiger partial charge in [-0.3, -0.25) is 0 Å². The second-order valence-electron chi connectivity index (χ2n) is 7.36. The molecule has 0 bridgehead atoms. The number of alkyl halides is 3. The highest BCUT2D eigenvalue weighted by Gasteiger charge is 2.34. The van der Waals surface area contributed by atoms with Crippen molar-refractivity contribution in [2.75, 3.05) is 0 Å². The molecule has 4 heteroatoms. The maximum Gasteiger partial charge on any atom is 0.416 e. The van der Waals surface area contributed by atoms with Crippen molar-refractivity contribution in [1.29, 1.82) is 0 Å². The molecule has 0 amide bonds. The van der Waals surface area contributed by atoms with Crippen molar-refractivity contribution in [3.05, 3.63) is 70.8 Å². The van der Waals surface area contributed by atoms with Crippen LogP contribution in [0.15, 0.2) is 48.5 Å². The Kier molecular flexibility index (Phi) is 9.28. The Balaban J connectivity index is 1.88. The van der Waals surface area contributed by atoms with Crippen molar-refractivity contribution in [3.63, 3.8) is 0 Å². The molecule has 1 radical (unpaired) electrons. The summed E-state index contributed by atoms with van der Waals surface area (Å²) in [4.78, 5) is 0. The molecule has 0 aliphatic carbocycles. The van der Waals surface area contributed by atoms with E-state index in [-0.39, 0.29) is 12.0 Å². The van der Waals surface area contributed by atoms with Crippen molar-refractivity contribution < 1.29 is 13.2 Å². The van der Waals surface area contributed by atoms with Crippen LogP contribution >= 0.6 is 0 Å². The Morgan fingerprint density at radius 2 is 1.55 bits per heavy atom. The Bertz CT molecular complexity index is 797. The predicted octanol–water partition coefficient (Wildman–Crippen LogP) is 7.37. The SMILES string of the molecule is CCCCCCCCC#Cc1ccc(CC([NH])c2ccccc2C(F)(F)F)cc1. The fourth-order valence-corrected chi connectivity index (χ4v) is 3.29. The number of unbranched alkanes of at least 4 members (excludes halogenated alkanes) is 6. The summed E-state index contributed by atoms with van der Waals surface area (Å²) in [6, 6.07) is 11.9. The van der Waals surface area contributed by atoms with Gasteiger partial charge in [-0.05, 0) is 42.2 Å². The first-order valence-electron chi connectivity index (χ1n) is 10.4. The fraction of sp³-hybridized carbons (Fsp3) is 0.440. The van der Waals surface area contributed by atoms with E-state index < -0.39 is 17.8 Å². The van der Waals surface area contributed by atoms with Crippen LogP contribution in [0.2, 0.25) is 0 Å². The van der Waals surface area contributed by atoms with E-state index in [4.69, 9.17) is 5.73 Å². The molecule has 0 aromatic heterocycles. The third kappa shape index (κ3) is 7.95. The molecular weight excluding hydrogens is 371 g/mol. The molecule has 155 valence electrons. The Morgan fingerprint density at radius 3 is 2.24 bits per heavy atom. The smallest absolute Gasteiger partial charge is 0.249 e. The van der Waals surface area contributed by atoms with Crippen molar-refractivity contribution in [3.8, 4) is 11.8 Å². The van der Waals surface area contributed by atoms with Crippen LogP contribution < -0.4 is 5.73 Å². The van der Waals surface area contributed by atoms with Gasteiger partial charge in [0.25, 0.3) is 0 Å². The number of benzene rings is 2. The molecule has 1 nitrogen and oxygen atoms in total. The van der Waals surface area contributed by atoms with Crippen LogP contribution in [0.1, 0.15) is 80.2 Å². The lowest BCUT2D eigenvalue weighted by molar-refractivity contribution is -0.138. The Labute approximate surface area is 172 Å². The largest absolute Gasteiger partial charge is 0.416 e. The zero-order valence-corrected chi connectivity index (χ0v) is 17.0. The van der Waals surface area contributed by atoms with E-state index in [0.29, 0.717) is 0 Å². The predicted molar refractivity (Wildman–Crippen MR) is 112 cm³/mol. The first-order chi connectivity index (χ1) is 13.9. The first-order valence-corrected chi connectivity index (χ1v) is 10.4. The minimum absolute atomic E-state index is 0.0165. The molecule has 2 aromatic carbocycles. The highest BCUT2D eigenvalue weighted by Crippen LogP contribution is 2.35. The van der Waals surface area contributed by atoms with Gasteiger partial charge in [-0.1, -0.05) is 81.2 Å². The third-order valence-electron chi connectivity index (χ3n) is 4.92. The van der Waals surface area contributed by atoms with Gasteiger partial charge in [0.15, 0.2) is 0 Å². The second-order valence-corrected chi connectivity index (χ2v) is 7.36. The Hall–Kier alpha value is -2.25. The van der Waals surface area contributed by atoms with Crippen LogP contribution in [0.3, 0.4) is 0 Å². The van der Waals surface area contributed by atoms with E-state index in [0.717, 1.165) is 30.0 Å². The zero-order valence-electron chi connectivity index (χ0n) is 17.0. The highest BCUT2D eigenvalue weighted by atomic mass is 19.4. The third-order valence-corrected chi connectivity index (χ3v) is 4.92. The van der Waals surface area contributed by atoms with E-state index in [9.17, 15) is 13.2 Å². The van der Waals surface area contributed by atoms with Gasteiger partial charge < -0.3 is 0 Å². The molecule has 1 N–H and O–H groups in total. The summed E-state index contributed by atoms with van der Waals surface area (Å²) in [6.07, 6.45) is 4.16. The summed E-state index contributed by atoms with van der Waals surface area (Å²) in [6.45, 7) is 2.21. The summed E-state index contributed by atoms with van der Waals surface area (Å²) in [5.41, 5.74) is 9.24. The normalized spacial score (nSPS) is 12.3. The Morgan fingerprint density at radius 1 is 0.897 bits per heavy atom. The van der Waals surface area contributed by atoms with Crippen LogP contribution in [-0.4, -0.2) is 0 Å². The molecule has 0 heterocycles. The molecule has 0 saturated heterocycles. The van der Waals surface area contributed by atoms with Crippen LogP contribution in [0.4, 0.5) is 13.2 Å². The van der Waals surface area contributed by atoms with E-state index in [1.807, 2.05) is 24.3 Å². The molecule has 2 aromatic rings.